The SMILES string of the molecule is CN=C(NCCCOC(C)C)NCC(C)c1cccc(C)c1.I. The fourth-order valence-corrected chi connectivity index (χ4v) is 2.16. The van der Waals surface area contributed by atoms with Crippen LogP contribution in [0.25, 0.3) is 0 Å². The van der Waals surface area contributed by atoms with E-state index in [-0.39, 0.29) is 24.0 Å². The number of hydrogen-bond acceptors (Lipinski definition) is 2. The molecule has 1 aromatic carbocycles. The van der Waals surface area contributed by atoms with Gasteiger partial charge in [-0.3, -0.25) is 4.99 Å². The van der Waals surface area contributed by atoms with E-state index >= 15 is 0 Å². The number of hydrogen-bond donors (Lipinski definition) is 2. The van der Waals surface area contributed by atoms with E-state index in [1.54, 1.807) is 7.05 Å². The minimum absolute atomic E-state index is 0. The Hall–Kier alpha value is -0.820. The van der Waals surface area contributed by atoms with Gasteiger partial charge in [0.2, 0.25) is 0 Å². The highest BCUT2D eigenvalue weighted by molar-refractivity contribution is 14.0. The predicted molar refractivity (Wildman–Crippen MR) is 110 cm³/mol. The lowest BCUT2D eigenvalue weighted by atomic mass is 9.99. The molecular weight excluding hydrogens is 401 g/mol. The number of ether oxygens (including phenoxy) is 1. The van der Waals surface area contributed by atoms with Gasteiger partial charge in [0.1, 0.15) is 0 Å². The van der Waals surface area contributed by atoms with E-state index in [0.29, 0.717) is 12.0 Å². The number of aryl methyl sites for hydroxylation is 1. The quantitative estimate of drug-likeness (QED) is 0.285. The fourth-order valence-electron chi connectivity index (χ4n) is 2.16. The second kappa shape index (κ2) is 12.6. The van der Waals surface area contributed by atoms with Crippen molar-refractivity contribution in [2.24, 2.45) is 4.99 Å². The molecule has 0 fully saturated rings. The third kappa shape index (κ3) is 9.81. The molecule has 23 heavy (non-hydrogen) atoms. The van der Waals surface area contributed by atoms with Crippen LogP contribution in [0.5, 0.6) is 0 Å². The van der Waals surface area contributed by atoms with Crippen molar-refractivity contribution in [1.29, 1.82) is 0 Å². The van der Waals surface area contributed by atoms with Crippen molar-refractivity contribution in [3.63, 3.8) is 0 Å². The average Bonchev–Trinajstić information content (AvgIpc) is 2.49. The molecule has 132 valence electrons. The maximum atomic E-state index is 5.52. The summed E-state index contributed by atoms with van der Waals surface area (Å²) in [6.45, 7) is 11.0. The Labute approximate surface area is 158 Å². The largest absolute Gasteiger partial charge is 0.379 e. The lowest BCUT2D eigenvalue weighted by molar-refractivity contribution is 0.0776. The van der Waals surface area contributed by atoms with Gasteiger partial charge in [0, 0.05) is 26.7 Å². The molecule has 0 saturated heterocycles. The number of rotatable bonds is 8. The van der Waals surface area contributed by atoms with Crippen LogP contribution < -0.4 is 10.6 Å². The summed E-state index contributed by atoms with van der Waals surface area (Å²) < 4.78 is 5.52. The van der Waals surface area contributed by atoms with Crippen LogP contribution in [0, 0.1) is 6.92 Å². The van der Waals surface area contributed by atoms with Gasteiger partial charge >= 0.3 is 0 Å². The summed E-state index contributed by atoms with van der Waals surface area (Å²) in [5.41, 5.74) is 2.66. The Morgan fingerprint density at radius 2 is 1.96 bits per heavy atom. The van der Waals surface area contributed by atoms with E-state index in [1.807, 2.05) is 0 Å². The lowest BCUT2D eigenvalue weighted by Crippen LogP contribution is -2.39. The molecule has 0 radical (unpaired) electrons. The van der Waals surface area contributed by atoms with Crippen LogP contribution in [-0.4, -0.2) is 38.8 Å². The minimum Gasteiger partial charge on any atom is -0.379 e. The maximum Gasteiger partial charge on any atom is 0.190 e. The predicted octanol–water partition coefficient (Wildman–Crippen LogP) is 3.70. The number of benzene rings is 1. The van der Waals surface area contributed by atoms with Crippen LogP contribution in [0.15, 0.2) is 29.3 Å². The van der Waals surface area contributed by atoms with Crippen molar-refractivity contribution in [3.05, 3.63) is 35.4 Å². The van der Waals surface area contributed by atoms with Crippen LogP contribution in [-0.2, 0) is 4.74 Å². The molecule has 0 bridgehead atoms. The number of guanidine groups is 1. The van der Waals surface area contributed by atoms with Crippen molar-refractivity contribution >= 4 is 29.9 Å². The normalized spacial score (nSPS) is 12.7. The summed E-state index contributed by atoms with van der Waals surface area (Å²) in [4.78, 5) is 4.26. The van der Waals surface area contributed by atoms with Crippen LogP contribution in [0.3, 0.4) is 0 Å². The van der Waals surface area contributed by atoms with Crippen LogP contribution in [0.4, 0.5) is 0 Å². The molecule has 0 aliphatic carbocycles. The van der Waals surface area contributed by atoms with Crippen molar-refractivity contribution in [2.75, 3.05) is 26.7 Å². The summed E-state index contributed by atoms with van der Waals surface area (Å²) in [5.74, 6) is 1.30. The highest BCUT2D eigenvalue weighted by atomic mass is 127. The molecule has 5 heteroatoms. The van der Waals surface area contributed by atoms with E-state index < -0.39 is 0 Å². The van der Waals surface area contributed by atoms with Gasteiger partial charge < -0.3 is 15.4 Å². The molecule has 1 rings (SSSR count). The number of nitrogens with zero attached hydrogens (tertiary/aromatic N) is 1. The summed E-state index contributed by atoms with van der Waals surface area (Å²) in [5, 5.41) is 6.71. The van der Waals surface area contributed by atoms with E-state index in [1.165, 1.54) is 11.1 Å². The first kappa shape index (κ1) is 22.2. The number of nitrogens with one attached hydrogen (secondary N) is 2. The summed E-state index contributed by atoms with van der Waals surface area (Å²) in [6, 6.07) is 8.66. The monoisotopic (exact) mass is 433 g/mol. The molecule has 0 heterocycles. The van der Waals surface area contributed by atoms with Gasteiger partial charge in [-0.15, -0.1) is 24.0 Å². The molecule has 0 aromatic heterocycles. The zero-order valence-electron chi connectivity index (χ0n) is 15.1. The molecule has 4 nitrogen and oxygen atoms in total. The molecule has 0 amide bonds. The molecule has 0 saturated carbocycles. The van der Waals surface area contributed by atoms with Gasteiger partial charge in [0.15, 0.2) is 5.96 Å². The zero-order chi connectivity index (χ0) is 16.4. The summed E-state index contributed by atoms with van der Waals surface area (Å²) in [6.07, 6.45) is 1.28. The molecule has 1 aromatic rings. The van der Waals surface area contributed by atoms with Gasteiger partial charge in [-0.25, -0.2) is 0 Å². The Kier molecular flexibility index (Phi) is 12.1. The second-order valence-corrected chi connectivity index (χ2v) is 5.97. The van der Waals surface area contributed by atoms with E-state index in [4.69, 9.17) is 4.74 Å². The average molecular weight is 433 g/mol. The van der Waals surface area contributed by atoms with Gasteiger partial charge in [-0.1, -0.05) is 36.8 Å². The van der Waals surface area contributed by atoms with Crippen LogP contribution in [0.1, 0.15) is 44.2 Å². The highest BCUT2D eigenvalue weighted by Crippen LogP contribution is 2.15. The van der Waals surface area contributed by atoms with Gasteiger partial charge in [-0.05, 0) is 38.7 Å². The van der Waals surface area contributed by atoms with Gasteiger partial charge in [0.25, 0.3) is 0 Å². The van der Waals surface area contributed by atoms with Crippen molar-refractivity contribution in [1.82, 2.24) is 10.6 Å². The molecule has 0 aliphatic heterocycles. The van der Waals surface area contributed by atoms with Gasteiger partial charge in [-0.2, -0.15) is 0 Å². The summed E-state index contributed by atoms with van der Waals surface area (Å²) >= 11 is 0. The molecule has 2 N–H and O–H groups in total. The Morgan fingerprint density at radius 3 is 2.57 bits per heavy atom. The number of aliphatic imine (C=N–C) groups is 1. The Balaban J connectivity index is 0.00000484. The van der Waals surface area contributed by atoms with Gasteiger partial charge in [0.05, 0.1) is 6.10 Å². The first-order valence-electron chi connectivity index (χ1n) is 8.15. The van der Waals surface area contributed by atoms with E-state index in [9.17, 15) is 0 Å². The maximum absolute atomic E-state index is 5.52. The molecule has 0 aliphatic rings. The third-order valence-electron chi connectivity index (χ3n) is 3.48. The van der Waals surface area contributed by atoms with E-state index in [2.05, 4.69) is 67.6 Å². The standard InChI is InChI=1S/C18H31N3O.HI/c1-14(2)22-11-7-10-20-18(19-5)21-13-16(4)17-9-6-8-15(3)12-17;/h6,8-9,12,14,16H,7,10-11,13H2,1-5H3,(H2,19,20,21);1H. The molecule has 1 unspecified atom stereocenters. The second-order valence-electron chi connectivity index (χ2n) is 5.97. The molecular formula is C18H32IN3O. The van der Waals surface area contributed by atoms with Crippen molar-refractivity contribution in [2.45, 2.75) is 46.1 Å². The van der Waals surface area contributed by atoms with Crippen LogP contribution >= 0.6 is 24.0 Å². The van der Waals surface area contributed by atoms with E-state index in [0.717, 1.165) is 32.1 Å². The third-order valence-corrected chi connectivity index (χ3v) is 3.48. The lowest BCUT2D eigenvalue weighted by Gasteiger charge is -2.17. The Bertz CT molecular complexity index is 463. The highest BCUT2D eigenvalue weighted by Gasteiger charge is 2.06. The minimum atomic E-state index is 0. The summed E-state index contributed by atoms with van der Waals surface area (Å²) in [7, 11) is 1.80. The van der Waals surface area contributed by atoms with Crippen molar-refractivity contribution < 1.29 is 4.74 Å². The zero-order valence-corrected chi connectivity index (χ0v) is 17.4. The smallest absolute Gasteiger partial charge is 0.190 e. The van der Waals surface area contributed by atoms with Crippen molar-refractivity contribution in [3.8, 4) is 0 Å². The topological polar surface area (TPSA) is 45.7 Å². The first-order valence-corrected chi connectivity index (χ1v) is 8.15. The number of halogens is 1. The fraction of sp³-hybridized carbons (Fsp3) is 0.611. The first-order chi connectivity index (χ1) is 10.5. The van der Waals surface area contributed by atoms with Crippen LogP contribution in [0.2, 0.25) is 0 Å². The molecule has 0 spiro atoms. The molecule has 1 atom stereocenters. The Morgan fingerprint density at radius 1 is 1.22 bits per heavy atom.